The highest BCUT2D eigenvalue weighted by Crippen LogP contribution is 2.19. The molecule has 0 radical (unpaired) electrons. The van der Waals surface area contributed by atoms with E-state index in [4.69, 9.17) is 4.74 Å². The molecule has 0 aliphatic carbocycles. The Morgan fingerprint density at radius 1 is 1.44 bits per heavy atom. The number of nitrogens with one attached hydrogen (secondary N) is 1. The Balaban J connectivity index is 2.46. The molecular weight excluding hydrogens is 294 g/mol. The first kappa shape index (κ1) is 15.0. The van der Waals surface area contributed by atoms with E-state index in [2.05, 4.69) is 34.2 Å². The molecule has 1 N–H and O–H groups in total. The van der Waals surface area contributed by atoms with Crippen LogP contribution in [0, 0.1) is 0 Å². The summed E-state index contributed by atoms with van der Waals surface area (Å²) in [5, 5.41) is 2.78. The summed E-state index contributed by atoms with van der Waals surface area (Å²) in [6, 6.07) is 8.08. The van der Waals surface area contributed by atoms with E-state index in [-0.39, 0.29) is 12.0 Å². The number of alkyl carbamates (subject to hydrolysis) is 1. The van der Waals surface area contributed by atoms with Gasteiger partial charge in [0, 0.05) is 11.0 Å². The Kier molecular flexibility index (Phi) is 5.20. The number of amides is 1. The lowest BCUT2D eigenvalue weighted by Gasteiger charge is -2.21. The van der Waals surface area contributed by atoms with Crippen LogP contribution in [-0.4, -0.2) is 18.2 Å². The molecule has 1 aromatic rings. The van der Waals surface area contributed by atoms with Gasteiger partial charge in [-0.2, -0.15) is 0 Å². The summed E-state index contributed by atoms with van der Waals surface area (Å²) in [5.41, 5.74) is 0.726. The zero-order valence-electron chi connectivity index (χ0n) is 11.3. The average Bonchev–Trinajstić information content (AvgIpc) is 2.23. The molecule has 0 bridgehead atoms. The van der Waals surface area contributed by atoms with E-state index < -0.39 is 5.60 Å². The van der Waals surface area contributed by atoms with Gasteiger partial charge in [-0.25, -0.2) is 4.79 Å². The predicted octanol–water partition coefficient (Wildman–Crippen LogP) is 4.08. The summed E-state index contributed by atoms with van der Waals surface area (Å²) in [5.74, 6) is 0.245. The predicted molar refractivity (Wildman–Crippen MR) is 76.8 cm³/mol. The minimum Gasteiger partial charge on any atom is -0.444 e. The Morgan fingerprint density at radius 3 is 2.67 bits per heavy atom. The number of ether oxygens (including phenoxy) is 1. The smallest absolute Gasteiger partial charge is 0.407 e. The van der Waals surface area contributed by atoms with Crippen molar-refractivity contribution in [2.24, 2.45) is 0 Å². The Bertz CT molecular complexity index is 413. The molecule has 1 aromatic carbocycles. The lowest BCUT2D eigenvalue weighted by Crippen LogP contribution is -2.34. The van der Waals surface area contributed by atoms with Crippen LogP contribution in [0.3, 0.4) is 0 Å². The number of carbonyl (C=O) groups excluding carboxylic acids is 1. The van der Waals surface area contributed by atoms with Crippen molar-refractivity contribution >= 4 is 22.0 Å². The second-order valence-electron chi connectivity index (χ2n) is 5.34. The molecule has 0 saturated carbocycles. The van der Waals surface area contributed by atoms with Gasteiger partial charge in [-0.1, -0.05) is 35.0 Å². The van der Waals surface area contributed by atoms with Crippen molar-refractivity contribution in [2.45, 2.75) is 39.2 Å². The summed E-state index contributed by atoms with van der Waals surface area (Å²) in [6.45, 7) is 8.18. The van der Waals surface area contributed by atoms with Gasteiger partial charge in [0.15, 0.2) is 0 Å². The Labute approximate surface area is 117 Å². The fourth-order valence-electron chi connectivity index (χ4n) is 1.48. The van der Waals surface area contributed by atoms with Crippen LogP contribution in [0.2, 0.25) is 0 Å². The molecule has 0 aromatic heterocycles. The van der Waals surface area contributed by atoms with Gasteiger partial charge in [0.05, 0.1) is 0 Å². The maximum absolute atomic E-state index is 11.5. The van der Waals surface area contributed by atoms with Crippen LogP contribution in [-0.2, 0) is 4.74 Å². The molecule has 0 fully saturated rings. The van der Waals surface area contributed by atoms with Crippen LogP contribution in [0.5, 0.6) is 0 Å². The van der Waals surface area contributed by atoms with E-state index in [1.165, 1.54) is 5.56 Å². The Hall–Kier alpha value is -1.03. The SMILES string of the molecule is C[C@@H](CNC(=O)OC(C)(C)C)c1cccc(Br)c1. The summed E-state index contributed by atoms with van der Waals surface area (Å²) in [6.07, 6.45) is -0.371. The van der Waals surface area contributed by atoms with Crippen molar-refractivity contribution < 1.29 is 9.53 Å². The number of hydrogen-bond acceptors (Lipinski definition) is 2. The minimum atomic E-state index is -0.455. The lowest BCUT2D eigenvalue weighted by atomic mass is 10.0. The summed E-state index contributed by atoms with van der Waals surface area (Å²) in [7, 11) is 0. The third-order valence-electron chi connectivity index (χ3n) is 2.37. The zero-order valence-corrected chi connectivity index (χ0v) is 12.9. The zero-order chi connectivity index (χ0) is 13.8. The normalized spacial score (nSPS) is 12.9. The van der Waals surface area contributed by atoms with Crippen molar-refractivity contribution in [3.63, 3.8) is 0 Å². The number of halogens is 1. The van der Waals surface area contributed by atoms with Crippen molar-refractivity contribution in [2.75, 3.05) is 6.54 Å². The van der Waals surface area contributed by atoms with E-state index in [0.29, 0.717) is 6.54 Å². The first-order valence-electron chi connectivity index (χ1n) is 6.00. The van der Waals surface area contributed by atoms with E-state index >= 15 is 0 Å². The van der Waals surface area contributed by atoms with Gasteiger partial charge in [-0.3, -0.25) is 0 Å². The topological polar surface area (TPSA) is 38.3 Å². The van der Waals surface area contributed by atoms with Gasteiger partial charge in [-0.15, -0.1) is 0 Å². The van der Waals surface area contributed by atoms with Crippen LogP contribution >= 0.6 is 15.9 Å². The molecule has 0 unspecified atom stereocenters. The fraction of sp³-hybridized carbons (Fsp3) is 0.500. The standard InChI is InChI=1S/C14H20BrNO2/c1-10(11-6-5-7-12(15)8-11)9-16-13(17)18-14(2,3)4/h5-8,10H,9H2,1-4H3,(H,16,17)/t10-/m0/s1. The first-order valence-corrected chi connectivity index (χ1v) is 6.79. The second-order valence-corrected chi connectivity index (χ2v) is 6.25. The molecular formula is C14H20BrNO2. The fourth-order valence-corrected chi connectivity index (χ4v) is 1.90. The van der Waals surface area contributed by atoms with Crippen molar-refractivity contribution in [1.82, 2.24) is 5.32 Å². The van der Waals surface area contributed by atoms with Crippen LogP contribution in [0.15, 0.2) is 28.7 Å². The van der Waals surface area contributed by atoms with E-state index in [1.807, 2.05) is 39.0 Å². The lowest BCUT2D eigenvalue weighted by molar-refractivity contribution is 0.0525. The maximum Gasteiger partial charge on any atom is 0.407 e. The second kappa shape index (κ2) is 6.23. The highest BCUT2D eigenvalue weighted by Gasteiger charge is 2.16. The number of carbonyl (C=O) groups is 1. The molecule has 0 saturated heterocycles. The molecule has 4 heteroatoms. The van der Waals surface area contributed by atoms with Gasteiger partial charge in [0.2, 0.25) is 0 Å². The summed E-state index contributed by atoms with van der Waals surface area (Å²) in [4.78, 5) is 11.5. The quantitative estimate of drug-likeness (QED) is 0.913. The third-order valence-corrected chi connectivity index (χ3v) is 2.86. The molecule has 100 valence electrons. The molecule has 0 spiro atoms. The van der Waals surface area contributed by atoms with E-state index in [9.17, 15) is 4.79 Å². The largest absolute Gasteiger partial charge is 0.444 e. The molecule has 1 atom stereocenters. The van der Waals surface area contributed by atoms with Gasteiger partial charge in [0.25, 0.3) is 0 Å². The van der Waals surface area contributed by atoms with Crippen molar-refractivity contribution in [1.29, 1.82) is 0 Å². The molecule has 0 aliphatic rings. The van der Waals surface area contributed by atoms with Crippen LogP contribution < -0.4 is 5.32 Å². The van der Waals surface area contributed by atoms with Crippen molar-refractivity contribution in [3.05, 3.63) is 34.3 Å². The number of hydrogen-bond donors (Lipinski definition) is 1. The van der Waals surface area contributed by atoms with Gasteiger partial charge < -0.3 is 10.1 Å². The van der Waals surface area contributed by atoms with Gasteiger partial charge in [0.1, 0.15) is 5.60 Å². The molecule has 0 aliphatic heterocycles. The maximum atomic E-state index is 11.5. The highest BCUT2D eigenvalue weighted by molar-refractivity contribution is 9.10. The third kappa shape index (κ3) is 5.54. The summed E-state index contributed by atoms with van der Waals surface area (Å²) < 4.78 is 6.23. The Morgan fingerprint density at radius 2 is 2.11 bits per heavy atom. The van der Waals surface area contributed by atoms with E-state index in [1.54, 1.807) is 0 Å². The average molecular weight is 314 g/mol. The van der Waals surface area contributed by atoms with Crippen LogP contribution in [0.25, 0.3) is 0 Å². The molecule has 1 rings (SSSR count). The van der Waals surface area contributed by atoms with E-state index in [0.717, 1.165) is 4.47 Å². The van der Waals surface area contributed by atoms with Gasteiger partial charge >= 0.3 is 6.09 Å². The molecule has 3 nitrogen and oxygen atoms in total. The number of benzene rings is 1. The minimum absolute atomic E-state index is 0.245. The van der Waals surface area contributed by atoms with Crippen molar-refractivity contribution in [3.8, 4) is 0 Å². The van der Waals surface area contributed by atoms with Crippen LogP contribution in [0.1, 0.15) is 39.2 Å². The first-order chi connectivity index (χ1) is 8.28. The highest BCUT2D eigenvalue weighted by atomic mass is 79.9. The van der Waals surface area contributed by atoms with Gasteiger partial charge in [-0.05, 0) is 44.4 Å². The molecule has 1 amide bonds. The van der Waals surface area contributed by atoms with Crippen LogP contribution in [0.4, 0.5) is 4.79 Å². The molecule has 18 heavy (non-hydrogen) atoms. The summed E-state index contributed by atoms with van der Waals surface area (Å²) >= 11 is 3.44. The molecule has 0 heterocycles. The number of rotatable bonds is 3. The monoisotopic (exact) mass is 313 g/mol.